The van der Waals surface area contributed by atoms with Gasteiger partial charge in [0.25, 0.3) is 5.91 Å². The number of carbonyl (C=O) groups excluding carboxylic acids is 1. The van der Waals surface area contributed by atoms with Gasteiger partial charge in [-0.05, 0) is 68.7 Å². The molecule has 1 unspecified atom stereocenters. The van der Waals surface area contributed by atoms with Gasteiger partial charge in [0, 0.05) is 34.2 Å². The van der Waals surface area contributed by atoms with Crippen LogP contribution in [0.5, 0.6) is 0 Å². The third-order valence-electron chi connectivity index (χ3n) is 6.12. The average Bonchev–Trinajstić information content (AvgIpc) is 3.29. The predicted molar refractivity (Wildman–Crippen MR) is 101 cm³/mol. The molecular formula is C20H24N2O3S. The van der Waals surface area contributed by atoms with Gasteiger partial charge in [-0.3, -0.25) is 4.79 Å². The Kier molecular flexibility index (Phi) is 3.68. The first-order chi connectivity index (χ1) is 12.5. The molecule has 1 aromatic carbocycles. The topological polar surface area (TPSA) is 70.2 Å². The molecule has 2 aromatic rings. The third-order valence-corrected chi connectivity index (χ3v) is 7.87. The highest BCUT2D eigenvalue weighted by Crippen LogP contribution is 2.35. The van der Waals surface area contributed by atoms with Crippen LogP contribution in [0.3, 0.4) is 0 Å². The lowest BCUT2D eigenvalue weighted by molar-refractivity contribution is 0.0681. The summed E-state index contributed by atoms with van der Waals surface area (Å²) in [6.45, 7) is 0. The van der Waals surface area contributed by atoms with E-state index in [0.717, 1.165) is 31.2 Å². The van der Waals surface area contributed by atoms with Crippen molar-refractivity contribution in [2.24, 2.45) is 0 Å². The van der Waals surface area contributed by atoms with Crippen LogP contribution in [0.25, 0.3) is 10.9 Å². The van der Waals surface area contributed by atoms with E-state index in [2.05, 4.69) is 4.98 Å². The predicted octanol–water partition coefficient (Wildman–Crippen LogP) is 2.84. The lowest BCUT2D eigenvalue weighted by atomic mass is 9.95. The van der Waals surface area contributed by atoms with E-state index >= 15 is 0 Å². The molecule has 2 heterocycles. The number of nitrogens with zero attached hydrogens (tertiary/aromatic N) is 1. The van der Waals surface area contributed by atoms with Gasteiger partial charge in [-0.25, -0.2) is 8.42 Å². The fraction of sp³-hybridized carbons (Fsp3) is 0.550. The van der Waals surface area contributed by atoms with Crippen LogP contribution >= 0.6 is 0 Å². The molecule has 2 fully saturated rings. The number of hydrogen-bond acceptors (Lipinski definition) is 3. The zero-order valence-electron chi connectivity index (χ0n) is 14.8. The summed E-state index contributed by atoms with van der Waals surface area (Å²) >= 11 is 0. The Morgan fingerprint density at radius 1 is 1.08 bits per heavy atom. The number of rotatable bonds is 3. The first kappa shape index (κ1) is 16.4. The lowest BCUT2D eigenvalue weighted by Gasteiger charge is -2.28. The Balaban J connectivity index is 1.50. The number of nitrogens with one attached hydrogen (secondary N) is 1. The van der Waals surface area contributed by atoms with E-state index in [-0.39, 0.29) is 29.5 Å². The maximum absolute atomic E-state index is 13.3. The molecule has 3 aliphatic rings. The second-order valence-corrected chi connectivity index (χ2v) is 10.3. The molecule has 1 N–H and O–H groups in total. The van der Waals surface area contributed by atoms with Gasteiger partial charge in [0.1, 0.15) is 0 Å². The normalized spacial score (nSPS) is 24.5. The molecule has 0 bridgehead atoms. The summed E-state index contributed by atoms with van der Waals surface area (Å²) in [5.41, 5.74) is 4.48. The van der Waals surface area contributed by atoms with Gasteiger partial charge in [0.05, 0.1) is 11.5 Å². The van der Waals surface area contributed by atoms with Crippen LogP contribution in [-0.2, 0) is 22.7 Å². The number of aromatic amines is 1. The summed E-state index contributed by atoms with van der Waals surface area (Å²) in [5.74, 6) is 0.331. The summed E-state index contributed by atoms with van der Waals surface area (Å²) in [5, 5.41) is 1.17. The van der Waals surface area contributed by atoms with Crippen molar-refractivity contribution >= 4 is 26.6 Å². The standard InChI is InChI=1S/C20H24N2O3S/c23-20(22(14-6-7-14)15-9-10-26(24,25)12-15)13-5-8-19-17(11-13)16-3-1-2-4-18(16)21-19/h5,8,11,14-15,21H,1-4,6-7,9-10,12H2. The van der Waals surface area contributed by atoms with Crippen LogP contribution in [0.15, 0.2) is 18.2 Å². The number of aryl methyl sites for hydroxylation is 2. The third kappa shape index (κ3) is 2.75. The van der Waals surface area contributed by atoms with Gasteiger partial charge < -0.3 is 9.88 Å². The highest BCUT2D eigenvalue weighted by molar-refractivity contribution is 7.91. The van der Waals surface area contributed by atoms with E-state index in [0.29, 0.717) is 12.0 Å². The average molecular weight is 372 g/mol. The molecule has 1 saturated heterocycles. The van der Waals surface area contributed by atoms with Crippen LogP contribution in [0.4, 0.5) is 0 Å². The van der Waals surface area contributed by atoms with Crippen molar-refractivity contribution in [2.75, 3.05) is 11.5 Å². The molecular weight excluding hydrogens is 348 g/mol. The quantitative estimate of drug-likeness (QED) is 0.901. The molecule has 1 aliphatic heterocycles. The number of benzene rings is 1. The number of carbonyl (C=O) groups is 1. The molecule has 26 heavy (non-hydrogen) atoms. The largest absolute Gasteiger partial charge is 0.358 e. The van der Waals surface area contributed by atoms with E-state index in [4.69, 9.17) is 0 Å². The Bertz CT molecular complexity index is 988. The fourth-order valence-electron chi connectivity index (χ4n) is 4.67. The molecule has 1 aromatic heterocycles. The van der Waals surface area contributed by atoms with Crippen molar-refractivity contribution < 1.29 is 13.2 Å². The van der Waals surface area contributed by atoms with Crippen molar-refractivity contribution in [1.82, 2.24) is 9.88 Å². The lowest BCUT2D eigenvalue weighted by Crippen LogP contribution is -2.42. The van der Waals surface area contributed by atoms with E-state index in [1.807, 2.05) is 23.1 Å². The summed E-state index contributed by atoms with van der Waals surface area (Å²) in [6.07, 6.45) is 7.13. The van der Waals surface area contributed by atoms with Gasteiger partial charge in [-0.1, -0.05) is 0 Å². The Hall–Kier alpha value is -1.82. The van der Waals surface area contributed by atoms with Gasteiger partial charge in [0.2, 0.25) is 0 Å². The van der Waals surface area contributed by atoms with Crippen molar-refractivity contribution in [2.45, 2.75) is 57.0 Å². The van der Waals surface area contributed by atoms with E-state index in [9.17, 15) is 13.2 Å². The number of H-pyrrole nitrogens is 1. The zero-order chi connectivity index (χ0) is 17.9. The first-order valence-electron chi connectivity index (χ1n) is 9.68. The maximum atomic E-state index is 13.3. The monoisotopic (exact) mass is 372 g/mol. The van der Waals surface area contributed by atoms with Crippen molar-refractivity contribution in [3.63, 3.8) is 0 Å². The van der Waals surface area contributed by atoms with Crippen molar-refractivity contribution in [1.29, 1.82) is 0 Å². The van der Waals surface area contributed by atoms with Gasteiger partial charge in [-0.2, -0.15) is 0 Å². The molecule has 6 heteroatoms. The Labute approximate surface area is 153 Å². The minimum Gasteiger partial charge on any atom is -0.358 e. The highest BCUT2D eigenvalue weighted by atomic mass is 32.2. The van der Waals surface area contributed by atoms with Crippen LogP contribution in [0.2, 0.25) is 0 Å². The zero-order valence-corrected chi connectivity index (χ0v) is 15.6. The van der Waals surface area contributed by atoms with Gasteiger partial charge >= 0.3 is 0 Å². The van der Waals surface area contributed by atoms with Crippen molar-refractivity contribution in [3.8, 4) is 0 Å². The van der Waals surface area contributed by atoms with Crippen LogP contribution in [-0.4, -0.2) is 47.8 Å². The number of amides is 1. The summed E-state index contributed by atoms with van der Waals surface area (Å²) in [7, 11) is -3.00. The molecule has 0 radical (unpaired) electrons. The number of fused-ring (bicyclic) bond motifs is 3. The summed E-state index contributed by atoms with van der Waals surface area (Å²) in [6, 6.07) is 5.99. The maximum Gasteiger partial charge on any atom is 0.254 e. The van der Waals surface area contributed by atoms with Crippen LogP contribution < -0.4 is 0 Å². The fourth-order valence-corrected chi connectivity index (χ4v) is 6.38. The van der Waals surface area contributed by atoms with E-state index in [1.165, 1.54) is 29.5 Å². The van der Waals surface area contributed by atoms with Gasteiger partial charge in [-0.15, -0.1) is 0 Å². The minimum absolute atomic E-state index is 0.00209. The second-order valence-electron chi connectivity index (χ2n) is 8.05. The Morgan fingerprint density at radius 2 is 1.88 bits per heavy atom. The summed E-state index contributed by atoms with van der Waals surface area (Å²) < 4.78 is 23.8. The molecule has 1 amide bonds. The van der Waals surface area contributed by atoms with Gasteiger partial charge in [0.15, 0.2) is 9.84 Å². The van der Waals surface area contributed by atoms with Crippen LogP contribution in [0, 0.1) is 0 Å². The molecule has 5 nitrogen and oxygen atoms in total. The Morgan fingerprint density at radius 3 is 2.62 bits per heavy atom. The highest BCUT2D eigenvalue weighted by Gasteiger charge is 2.42. The first-order valence-corrected chi connectivity index (χ1v) is 11.5. The van der Waals surface area contributed by atoms with Crippen molar-refractivity contribution in [3.05, 3.63) is 35.0 Å². The molecule has 138 valence electrons. The SMILES string of the molecule is O=C(c1ccc2[nH]c3c(c2c1)CCCC3)N(C1CC1)C1CCS(=O)(=O)C1. The second kappa shape index (κ2) is 5.84. The smallest absolute Gasteiger partial charge is 0.254 e. The minimum atomic E-state index is -3.00. The summed E-state index contributed by atoms with van der Waals surface area (Å²) in [4.78, 5) is 18.7. The molecule has 1 saturated carbocycles. The number of aromatic nitrogens is 1. The van der Waals surface area contributed by atoms with E-state index < -0.39 is 9.84 Å². The number of sulfone groups is 1. The van der Waals surface area contributed by atoms with Crippen LogP contribution in [0.1, 0.15) is 53.7 Å². The molecule has 1 atom stereocenters. The van der Waals surface area contributed by atoms with E-state index in [1.54, 1.807) is 0 Å². The number of hydrogen-bond donors (Lipinski definition) is 1. The molecule has 2 aliphatic carbocycles. The molecule has 0 spiro atoms. The molecule has 5 rings (SSSR count).